The van der Waals surface area contributed by atoms with E-state index >= 15 is 0 Å². The normalized spacial score (nSPS) is 12.0. The molecule has 0 aliphatic heterocycles. The molecule has 2 aromatic rings. The van der Waals surface area contributed by atoms with Gasteiger partial charge in [0.15, 0.2) is 0 Å². The van der Waals surface area contributed by atoms with Crippen molar-refractivity contribution in [3.8, 4) is 0 Å². The van der Waals surface area contributed by atoms with E-state index in [0.29, 0.717) is 5.02 Å². The lowest BCUT2D eigenvalue weighted by Gasteiger charge is -2.16. The molecule has 1 atom stereocenters. The second-order valence-electron chi connectivity index (χ2n) is 4.93. The maximum atomic E-state index is 12.9. The van der Waals surface area contributed by atoms with Crippen molar-refractivity contribution in [3.05, 3.63) is 64.4 Å². The Morgan fingerprint density at radius 3 is 2.57 bits per heavy atom. The summed E-state index contributed by atoms with van der Waals surface area (Å²) < 4.78 is 12.9. The van der Waals surface area contributed by atoms with E-state index in [4.69, 9.17) is 17.3 Å². The van der Waals surface area contributed by atoms with Gasteiger partial charge in [-0.3, -0.25) is 4.79 Å². The van der Waals surface area contributed by atoms with Crippen LogP contribution in [0, 0.1) is 5.82 Å². The van der Waals surface area contributed by atoms with Crippen LogP contribution in [-0.4, -0.2) is 11.9 Å². The lowest BCUT2D eigenvalue weighted by Crippen LogP contribution is -2.19. The topological polar surface area (TPSA) is 55.1 Å². The first kappa shape index (κ1) is 15.3. The standard InChI is InChI=1S/C16H16ClFN2O/c1-10(8-11-2-4-12(18)5-3-11)20-13-6-7-15(17)14(9-13)16(19)21/h2-7,9-10,20H,8H2,1H3,(H2,19,21). The van der Waals surface area contributed by atoms with Crippen molar-refractivity contribution in [2.45, 2.75) is 19.4 Å². The highest BCUT2D eigenvalue weighted by molar-refractivity contribution is 6.33. The molecule has 0 aromatic heterocycles. The van der Waals surface area contributed by atoms with Crippen LogP contribution in [0.4, 0.5) is 10.1 Å². The minimum Gasteiger partial charge on any atom is -0.382 e. The average Bonchev–Trinajstić information content (AvgIpc) is 2.43. The van der Waals surface area contributed by atoms with Gasteiger partial charge >= 0.3 is 0 Å². The first-order valence-electron chi connectivity index (χ1n) is 6.56. The van der Waals surface area contributed by atoms with E-state index in [0.717, 1.165) is 17.7 Å². The molecule has 0 saturated heterocycles. The summed E-state index contributed by atoms with van der Waals surface area (Å²) in [5.41, 5.74) is 7.35. The van der Waals surface area contributed by atoms with Gasteiger partial charge < -0.3 is 11.1 Å². The third-order valence-electron chi connectivity index (χ3n) is 3.10. The van der Waals surface area contributed by atoms with Gasteiger partial charge in [0, 0.05) is 11.7 Å². The van der Waals surface area contributed by atoms with Crippen molar-refractivity contribution in [3.63, 3.8) is 0 Å². The summed E-state index contributed by atoms with van der Waals surface area (Å²) in [6.45, 7) is 2.00. The van der Waals surface area contributed by atoms with E-state index in [1.54, 1.807) is 30.3 Å². The van der Waals surface area contributed by atoms with Gasteiger partial charge in [0.2, 0.25) is 5.91 Å². The van der Waals surface area contributed by atoms with Crippen LogP contribution in [0.25, 0.3) is 0 Å². The molecule has 0 saturated carbocycles. The van der Waals surface area contributed by atoms with Crippen molar-refractivity contribution in [1.82, 2.24) is 0 Å². The third-order valence-corrected chi connectivity index (χ3v) is 3.43. The molecule has 110 valence electrons. The van der Waals surface area contributed by atoms with Crippen LogP contribution in [0.15, 0.2) is 42.5 Å². The molecular formula is C16H16ClFN2O. The Bertz CT molecular complexity index is 643. The van der Waals surface area contributed by atoms with Crippen LogP contribution in [0.5, 0.6) is 0 Å². The molecule has 1 unspecified atom stereocenters. The van der Waals surface area contributed by atoms with Gasteiger partial charge in [-0.25, -0.2) is 4.39 Å². The van der Waals surface area contributed by atoms with E-state index in [1.807, 2.05) is 6.92 Å². The van der Waals surface area contributed by atoms with Gasteiger partial charge in [-0.2, -0.15) is 0 Å². The largest absolute Gasteiger partial charge is 0.382 e. The van der Waals surface area contributed by atoms with Crippen molar-refractivity contribution >= 4 is 23.2 Å². The molecule has 2 aromatic carbocycles. The van der Waals surface area contributed by atoms with Crippen molar-refractivity contribution in [2.75, 3.05) is 5.32 Å². The summed E-state index contributed by atoms with van der Waals surface area (Å²) >= 11 is 5.91. The smallest absolute Gasteiger partial charge is 0.250 e. The van der Waals surface area contributed by atoms with E-state index in [1.165, 1.54) is 12.1 Å². The van der Waals surface area contributed by atoms with Crippen LogP contribution < -0.4 is 11.1 Å². The maximum absolute atomic E-state index is 12.9. The predicted molar refractivity (Wildman–Crippen MR) is 83.2 cm³/mol. The van der Waals surface area contributed by atoms with Crippen molar-refractivity contribution in [1.29, 1.82) is 0 Å². The van der Waals surface area contributed by atoms with Crippen LogP contribution in [0.1, 0.15) is 22.8 Å². The quantitative estimate of drug-likeness (QED) is 0.886. The molecule has 0 aliphatic carbocycles. The van der Waals surface area contributed by atoms with Gasteiger partial charge in [0.1, 0.15) is 5.82 Å². The highest BCUT2D eigenvalue weighted by atomic mass is 35.5. The molecule has 0 fully saturated rings. The zero-order chi connectivity index (χ0) is 15.4. The average molecular weight is 307 g/mol. The molecule has 0 spiro atoms. The highest BCUT2D eigenvalue weighted by Crippen LogP contribution is 2.21. The van der Waals surface area contributed by atoms with Crippen LogP contribution in [0.2, 0.25) is 5.02 Å². The van der Waals surface area contributed by atoms with Gasteiger partial charge in [-0.05, 0) is 49.2 Å². The lowest BCUT2D eigenvalue weighted by atomic mass is 10.1. The molecule has 0 aliphatic rings. The number of nitrogens with two attached hydrogens (primary N) is 1. The van der Waals surface area contributed by atoms with Crippen LogP contribution in [0.3, 0.4) is 0 Å². The summed E-state index contributed by atoms with van der Waals surface area (Å²) in [7, 11) is 0. The number of hydrogen-bond donors (Lipinski definition) is 2. The third kappa shape index (κ3) is 4.20. The van der Waals surface area contributed by atoms with Gasteiger partial charge in [0.05, 0.1) is 10.6 Å². The number of rotatable bonds is 5. The number of carbonyl (C=O) groups is 1. The fraction of sp³-hybridized carbons (Fsp3) is 0.188. The molecule has 0 bridgehead atoms. The van der Waals surface area contributed by atoms with Gasteiger partial charge in [0.25, 0.3) is 0 Å². The van der Waals surface area contributed by atoms with Gasteiger partial charge in [-0.15, -0.1) is 0 Å². The fourth-order valence-electron chi connectivity index (χ4n) is 2.11. The van der Waals surface area contributed by atoms with E-state index < -0.39 is 5.91 Å². The summed E-state index contributed by atoms with van der Waals surface area (Å²) in [5, 5.41) is 3.60. The van der Waals surface area contributed by atoms with Crippen LogP contribution in [-0.2, 0) is 6.42 Å². The monoisotopic (exact) mass is 306 g/mol. The number of halogens is 2. The molecule has 0 radical (unpaired) electrons. The second kappa shape index (κ2) is 6.59. The Morgan fingerprint density at radius 2 is 1.95 bits per heavy atom. The Morgan fingerprint density at radius 1 is 1.29 bits per heavy atom. The first-order chi connectivity index (χ1) is 9.95. The molecule has 1 amide bonds. The number of benzene rings is 2. The molecule has 2 rings (SSSR count). The maximum Gasteiger partial charge on any atom is 0.250 e. The summed E-state index contributed by atoms with van der Waals surface area (Å²) in [4.78, 5) is 11.3. The fourth-order valence-corrected chi connectivity index (χ4v) is 2.32. The Labute approximate surface area is 127 Å². The van der Waals surface area contributed by atoms with E-state index in [-0.39, 0.29) is 17.4 Å². The molecule has 5 heteroatoms. The second-order valence-corrected chi connectivity index (χ2v) is 5.34. The summed E-state index contributed by atoms with van der Waals surface area (Å²) in [6.07, 6.45) is 0.731. The summed E-state index contributed by atoms with van der Waals surface area (Å²) in [6, 6.07) is 11.5. The number of amides is 1. The van der Waals surface area contributed by atoms with Crippen LogP contribution >= 0.6 is 11.6 Å². The van der Waals surface area contributed by atoms with E-state index in [9.17, 15) is 9.18 Å². The van der Waals surface area contributed by atoms with E-state index in [2.05, 4.69) is 5.32 Å². The number of carbonyl (C=O) groups excluding carboxylic acids is 1. The number of primary amides is 1. The van der Waals surface area contributed by atoms with Crippen molar-refractivity contribution in [2.24, 2.45) is 5.73 Å². The van der Waals surface area contributed by atoms with Gasteiger partial charge in [-0.1, -0.05) is 23.7 Å². The van der Waals surface area contributed by atoms with Crippen molar-refractivity contribution < 1.29 is 9.18 Å². The summed E-state index contributed by atoms with van der Waals surface area (Å²) in [5.74, 6) is -0.807. The number of anilines is 1. The zero-order valence-corrected chi connectivity index (χ0v) is 12.3. The first-order valence-corrected chi connectivity index (χ1v) is 6.94. The minimum absolute atomic E-state index is 0.109. The molecule has 21 heavy (non-hydrogen) atoms. The number of hydrogen-bond acceptors (Lipinski definition) is 2. The molecule has 3 N–H and O–H groups in total. The lowest BCUT2D eigenvalue weighted by molar-refractivity contribution is 0.100. The SMILES string of the molecule is CC(Cc1ccc(F)cc1)Nc1ccc(Cl)c(C(N)=O)c1. The predicted octanol–water partition coefficient (Wildman–Crippen LogP) is 3.62. The Kier molecular flexibility index (Phi) is 4.81. The molecular weight excluding hydrogens is 291 g/mol. The number of nitrogens with one attached hydrogen (secondary N) is 1. The zero-order valence-electron chi connectivity index (χ0n) is 11.6. The minimum atomic E-state index is -0.560. The Balaban J connectivity index is 2.05. The molecule has 0 heterocycles. The Hall–Kier alpha value is -2.07. The highest BCUT2D eigenvalue weighted by Gasteiger charge is 2.09. The molecule has 3 nitrogen and oxygen atoms in total.